The lowest BCUT2D eigenvalue weighted by molar-refractivity contribution is 0.180. The smallest absolute Gasteiger partial charge is 0.138 e. The molecule has 2 N–H and O–H groups in total. The van der Waals surface area contributed by atoms with E-state index in [2.05, 4.69) is 0 Å². The van der Waals surface area contributed by atoms with E-state index in [-0.39, 0.29) is 18.0 Å². The molecule has 100 valence electrons. The largest absolute Gasteiger partial charge is 0.484 e. The Labute approximate surface area is 113 Å². The van der Waals surface area contributed by atoms with Crippen LogP contribution in [0.5, 0.6) is 5.75 Å². The number of benzene rings is 2. The maximum absolute atomic E-state index is 13.2. The molecule has 0 bridgehead atoms. The van der Waals surface area contributed by atoms with Gasteiger partial charge >= 0.3 is 0 Å². The first-order valence-electron chi connectivity index (χ1n) is 6.30. The molecule has 0 amide bonds. The minimum absolute atomic E-state index is 0.189. The minimum atomic E-state index is -0.315. The molecule has 2 aromatic carbocycles. The van der Waals surface area contributed by atoms with Crippen LogP contribution in [0.1, 0.15) is 24.2 Å². The highest BCUT2D eigenvalue weighted by Crippen LogP contribution is 2.25. The Morgan fingerprint density at radius 2 is 1.79 bits per heavy atom. The maximum atomic E-state index is 13.2. The van der Waals surface area contributed by atoms with Gasteiger partial charge in [-0.1, -0.05) is 35.9 Å². The summed E-state index contributed by atoms with van der Waals surface area (Å²) in [5.41, 5.74) is 8.14. The SMILES string of the molecule is Cc1ccc(C(Oc2cccc(F)c2)C(C)N)cc1. The summed E-state index contributed by atoms with van der Waals surface area (Å²) in [5.74, 6) is 0.174. The predicted molar refractivity (Wildman–Crippen MR) is 74.6 cm³/mol. The second-order valence-electron chi connectivity index (χ2n) is 4.77. The second kappa shape index (κ2) is 5.85. The first kappa shape index (κ1) is 13.6. The van der Waals surface area contributed by atoms with E-state index in [1.165, 1.54) is 17.7 Å². The fourth-order valence-electron chi connectivity index (χ4n) is 1.92. The first-order chi connectivity index (χ1) is 9.06. The molecule has 0 aliphatic rings. The van der Waals surface area contributed by atoms with E-state index in [1.807, 2.05) is 38.1 Å². The fraction of sp³-hybridized carbons (Fsp3) is 0.250. The highest BCUT2D eigenvalue weighted by molar-refractivity contribution is 5.28. The lowest BCUT2D eigenvalue weighted by Gasteiger charge is -2.23. The Kier molecular flexibility index (Phi) is 4.17. The van der Waals surface area contributed by atoms with Crippen molar-refractivity contribution in [1.29, 1.82) is 0 Å². The highest BCUT2D eigenvalue weighted by atomic mass is 19.1. The van der Waals surface area contributed by atoms with E-state index in [0.717, 1.165) is 5.56 Å². The molecular formula is C16H18FNO. The van der Waals surface area contributed by atoms with Crippen molar-refractivity contribution < 1.29 is 9.13 Å². The quantitative estimate of drug-likeness (QED) is 0.910. The molecule has 2 nitrogen and oxygen atoms in total. The number of halogens is 1. The molecule has 0 heterocycles. The average Bonchev–Trinajstić information content (AvgIpc) is 2.37. The van der Waals surface area contributed by atoms with Gasteiger partial charge in [-0.15, -0.1) is 0 Å². The van der Waals surface area contributed by atoms with Gasteiger partial charge in [0.2, 0.25) is 0 Å². The third-order valence-electron chi connectivity index (χ3n) is 2.94. The minimum Gasteiger partial charge on any atom is -0.484 e. The molecule has 3 heteroatoms. The van der Waals surface area contributed by atoms with Gasteiger partial charge in [-0.25, -0.2) is 4.39 Å². The van der Waals surface area contributed by atoms with Gasteiger partial charge in [-0.3, -0.25) is 0 Å². The number of hydrogen-bond acceptors (Lipinski definition) is 2. The first-order valence-corrected chi connectivity index (χ1v) is 6.30. The zero-order chi connectivity index (χ0) is 13.8. The van der Waals surface area contributed by atoms with Crippen LogP contribution in [0.25, 0.3) is 0 Å². The van der Waals surface area contributed by atoms with Gasteiger partial charge in [0.1, 0.15) is 17.7 Å². The summed E-state index contributed by atoms with van der Waals surface area (Å²) >= 11 is 0. The van der Waals surface area contributed by atoms with Gasteiger partial charge in [0, 0.05) is 12.1 Å². The lowest BCUT2D eigenvalue weighted by atomic mass is 10.0. The summed E-state index contributed by atoms with van der Waals surface area (Å²) in [5, 5.41) is 0. The third-order valence-corrected chi connectivity index (χ3v) is 2.94. The Balaban J connectivity index is 2.23. The molecule has 0 aromatic heterocycles. The Hall–Kier alpha value is -1.87. The maximum Gasteiger partial charge on any atom is 0.138 e. The predicted octanol–water partition coefficient (Wildman–Crippen LogP) is 3.60. The molecule has 0 saturated carbocycles. The summed E-state index contributed by atoms with van der Waals surface area (Å²) in [4.78, 5) is 0. The van der Waals surface area contributed by atoms with Crippen molar-refractivity contribution in [2.45, 2.75) is 26.0 Å². The van der Waals surface area contributed by atoms with Crippen molar-refractivity contribution >= 4 is 0 Å². The van der Waals surface area contributed by atoms with Crippen molar-refractivity contribution in [3.8, 4) is 5.75 Å². The van der Waals surface area contributed by atoms with E-state index in [1.54, 1.807) is 12.1 Å². The van der Waals surface area contributed by atoms with Crippen LogP contribution in [0, 0.1) is 12.7 Å². The summed E-state index contributed by atoms with van der Waals surface area (Å²) < 4.78 is 19.0. The van der Waals surface area contributed by atoms with E-state index in [0.29, 0.717) is 5.75 Å². The standard InChI is InChI=1S/C16H18FNO/c1-11-6-8-13(9-7-11)16(12(2)18)19-15-5-3-4-14(17)10-15/h3-10,12,16H,18H2,1-2H3. The number of ether oxygens (including phenoxy) is 1. The van der Waals surface area contributed by atoms with Crippen LogP contribution >= 0.6 is 0 Å². The molecule has 2 rings (SSSR count). The molecule has 0 fully saturated rings. The van der Waals surface area contributed by atoms with Crippen molar-refractivity contribution in [2.75, 3.05) is 0 Å². The second-order valence-corrected chi connectivity index (χ2v) is 4.77. The molecule has 0 spiro atoms. The summed E-state index contributed by atoms with van der Waals surface area (Å²) in [7, 11) is 0. The molecule has 2 atom stereocenters. The Morgan fingerprint density at radius 3 is 2.37 bits per heavy atom. The van der Waals surface area contributed by atoms with E-state index in [4.69, 9.17) is 10.5 Å². The molecular weight excluding hydrogens is 241 g/mol. The van der Waals surface area contributed by atoms with Crippen molar-refractivity contribution in [2.24, 2.45) is 5.73 Å². The van der Waals surface area contributed by atoms with Crippen LogP contribution in [0.15, 0.2) is 48.5 Å². The molecule has 0 aliphatic heterocycles. The molecule has 19 heavy (non-hydrogen) atoms. The topological polar surface area (TPSA) is 35.2 Å². The van der Waals surface area contributed by atoms with Gasteiger partial charge in [0.05, 0.1) is 0 Å². The van der Waals surface area contributed by atoms with E-state index >= 15 is 0 Å². The Morgan fingerprint density at radius 1 is 1.11 bits per heavy atom. The molecule has 0 aliphatic carbocycles. The summed E-state index contributed by atoms with van der Waals surface area (Å²) in [6, 6.07) is 13.9. The monoisotopic (exact) mass is 259 g/mol. The van der Waals surface area contributed by atoms with Crippen LogP contribution < -0.4 is 10.5 Å². The fourth-order valence-corrected chi connectivity index (χ4v) is 1.92. The van der Waals surface area contributed by atoms with Gasteiger partial charge < -0.3 is 10.5 Å². The van der Waals surface area contributed by atoms with E-state index in [9.17, 15) is 4.39 Å². The normalized spacial score (nSPS) is 13.9. The average molecular weight is 259 g/mol. The molecule has 0 radical (unpaired) electrons. The highest BCUT2D eigenvalue weighted by Gasteiger charge is 2.18. The van der Waals surface area contributed by atoms with Gasteiger partial charge in [0.25, 0.3) is 0 Å². The van der Waals surface area contributed by atoms with Gasteiger partial charge in [0.15, 0.2) is 0 Å². The van der Waals surface area contributed by atoms with Crippen LogP contribution in [-0.2, 0) is 0 Å². The number of nitrogens with two attached hydrogens (primary N) is 1. The van der Waals surface area contributed by atoms with Crippen LogP contribution in [-0.4, -0.2) is 6.04 Å². The number of aryl methyl sites for hydroxylation is 1. The van der Waals surface area contributed by atoms with Crippen molar-refractivity contribution in [3.05, 3.63) is 65.5 Å². The molecule has 0 saturated heterocycles. The third kappa shape index (κ3) is 3.55. The van der Waals surface area contributed by atoms with Crippen LogP contribution in [0.3, 0.4) is 0 Å². The van der Waals surface area contributed by atoms with Gasteiger partial charge in [-0.05, 0) is 31.5 Å². The van der Waals surface area contributed by atoms with Crippen molar-refractivity contribution in [1.82, 2.24) is 0 Å². The summed E-state index contributed by atoms with van der Waals surface area (Å²) in [6.45, 7) is 3.90. The zero-order valence-corrected chi connectivity index (χ0v) is 11.1. The lowest BCUT2D eigenvalue weighted by Crippen LogP contribution is -2.29. The van der Waals surface area contributed by atoms with Crippen molar-refractivity contribution in [3.63, 3.8) is 0 Å². The van der Waals surface area contributed by atoms with Crippen LogP contribution in [0.2, 0.25) is 0 Å². The zero-order valence-electron chi connectivity index (χ0n) is 11.1. The summed E-state index contributed by atoms with van der Waals surface area (Å²) in [6.07, 6.45) is -0.289. The molecule has 2 unspecified atom stereocenters. The van der Waals surface area contributed by atoms with Gasteiger partial charge in [-0.2, -0.15) is 0 Å². The van der Waals surface area contributed by atoms with E-state index < -0.39 is 0 Å². The van der Waals surface area contributed by atoms with Crippen LogP contribution in [0.4, 0.5) is 4.39 Å². The Bertz CT molecular complexity index is 537. The number of rotatable bonds is 4. The molecule has 2 aromatic rings. The number of hydrogen-bond donors (Lipinski definition) is 1.